The molecule has 0 saturated carbocycles. The molecule has 1 aromatic carbocycles. The maximum absolute atomic E-state index is 12.9. The van der Waals surface area contributed by atoms with E-state index in [1.54, 1.807) is 13.0 Å². The molecule has 1 atom stereocenters. The molecule has 8 heteroatoms. The highest BCUT2D eigenvalue weighted by molar-refractivity contribution is 5.93. The average molecular weight is 446 g/mol. The molecule has 0 aliphatic carbocycles. The fourth-order valence-electron chi connectivity index (χ4n) is 4.15. The average Bonchev–Trinajstić information content (AvgIpc) is 2.68. The van der Waals surface area contributed by atoms with Gasteiger partial charge in [-0.05, 0) is 51.5 Å². The molecule has 2 N–H and O–H groups in total. The second-order valence-electron chi connectivity index (χ2n) is 9.38. The lowest BCUT2D eigenvalue weighted by molar-refractivity contribution is -0.142. The number of methoxy groups -OCH3 is 1. The SMILES string of the molecule is COc1cc2c(c3oc(=O)c(CC(=O)N[C@H](CC(C)C)C(=O)O)c(C)c13)CCC(C)(C)O2. The first-order chi connectivity index (χ1) is 14.9. The van der Waals surface area contributed by atoms with Crippen LogP contribution in [0.5, 0.6) is 11.5 Å². The Morgan fingerprint density at radius 2 is 2.00 bits per heavy atom. The van der Waals surface area contributed by atoms with Crippen molar-refractivity contribution in [3.05, 3.63) is 33.2 Å². The second-order valence-corrected chi connectivity index (χ2v) is 9.38. The summed E-state index contributed by atoms with van der Waals surface area (Å²) >= 11 is 0. The van der Waals surface area contributed by atoms with Crippen LogP contribution in [0.3, 0.4) is 0 Å². The van der Waals surface area contributed by atoms with Gasteiger partial charge in [0.1, 0.15) is 28.7 Å². The highest BCUT2D eigenvalue weighted by atomic mass is 16.5. The largest absolute Gasteiger partial charge is 0.496 e. The van der Waals surface area contributed by atoms with Crippen LogP contribution in [0.25, 0.3) is 11.0 Å². The second kappa shape index (κ2) is 8.84. The fraction of sp³-hybridized carbons (Fsp3) is 0.542. The topological polar surface area (TPSA) is 115 Å². The molecule has 2 aromatic rings. The van der Waals surface area contributed by atoms with Crippen molar-refractivity contribution in [1.82, 2.24) is 5.32 Å². The molecule has 1 amide bonds. The minimum Gasteiger partial charge on any atom is -0.496 e. The van der Waals surface area contributed by atoms with E-state index in [2.05, 4.69) is 5.32 Å². The molecule has 2 heterocycles. The van der Waals surface area contributed by atoms with E-state index in [0.29, 0.717) is 40.9 Å². The van der Waals surface area contributed by atoms with E-state index in [1.807, 2.05) is 27.7 Å². The Kier molecular flexibility index (Phi) is 6.53. The smallest absolute Gasteiger partial charge is 0.340 e. The van der Waals surface area contributed by atoms with Gasteiger partial charge in [0, 0.05) is 11.6 Å². The summed E-state index contributed by atoms with van der Waals surface area (Å²) in [6.45, 7) is 9.50. The highest BCUT2D eigenvalue weighted by Crippen LogP contribution is 2.43. The van der Waals surface area contributed by atoms with Gasteiger partial charge in [-0.2, -0.15) is 0 Å². The van der Waals surface area contributed by atoms with Gasteiger partial charge in [0.05, 0.1) is 24.5 Å². The first-order valence-electron chi connectivity index (χ1n) is 10.8. The predicted octanol–water partition coefficient (Wildman–Crippen LogP) is 3.37. The molecule has 0 bridgehead atoms. The van der Waals surface area contributed by atoms with E-state index < -0.39 is 23.5 Å². The van der Waals surface area contributed by atoms with Crippen molar-refractivity contribution in [3.63, 3.8) is 0 Å². The summed E-state index contributed by atoms with van der Waals surface area (Å²) in [5.74, 6) is -0.453. The molecule has 0 unspecified atom stereocenters. The number of benzene rings is 1. The number of carbonyl (C=O) groups is 2. The van der Waals surface area contributed by atoms with Crippen LogP contribution < -0.4 is 20.4 Å². The first kappa shape index (κ1) is 23.6. The van der Waals surface area contributed by atoms with Crippen LogP contribution in [0.4, 0.5) is 0 Å². The van der Waals surface area contributed by atoms with Gasteiger partial charge in [-0.15, -0.1) is 0 Å². The number of carbonyl (C=O) groups excluding carboxylic acids is 1. The number of nitrogens with one attached hydrogen (secondary N) is 1. The van der Waals surface area contributed by atoms with E-state index in [4.69, 9.17) is 13.9 Å². The number of hydrogen-bond acceptors (Lipinski definition) is 6. The van der Waals surface area contributed by atoms with Crippen molar-refractivity contribution in [2.24, 2.45) is 5.92 Å². The van der Waals surface area contributed by atoms with Crippen molar-refractivity contribution in [3.8, 4) is 11.5 Å². The summed E-state index contributed by atoms with van der Waals surface area (Å²) in [5, 5.41) is 12.5. The lowest BCUT2D eigenvalue weighted by Crippen LogP contribution is -2.42. The Hall–Kier alpha value is -3.03. The molecular weight excluding hydrogens is 414 g/mol. The third-order valence-corrected chi connectivity index (χ3v) is 5.84. The molecule has 8 nitrogen and oxygen atoms in total. The minimum absolute atomic E-state index is 0.0894. The summed E-state index contributed by atoms with van der Waals surface area (Å²) in [6, 6.07) is 0.774. The molecule has 32 heavy (non-hydrogen) atoms. The summed E-state index contributed by atoms with van der Waals surface area (Å²) in [4.78, 5) is 36.9. The Balaban J connectivity index is 2.02. The number of fused-ring (bicyclic) bond motifs is 3. The third kappa shape index (κ3) is 4.74. The van der Waals surface area contributed by atoms with Crippen molar-refractivity contribution in [1.29, 1.82) is 0 Å². The van der Waals surface area contributed by atoms with Crippen LogP contribution >= 0.6 is 0 Å². The van der Waals surface area contributed by atoms with Crippen LogP contribution in [0.1, 0.15) is 57.2 Å². The number of amides is 1. The number of ether oxygens (including phenoxy) is 2. The van der Waals surface area contributed by atoms with Gasteiger partial charge in [0.2, 0.25) is 5.91 Å². The molecule has 0 fully saturated rings. The maximum atomic E-state index is 12.9. The first-order valence-corrected chi connectivity index (χ1v) is 10.8. The molecule has 0 saturated heterocycles. The zero-order valence-corrected chi connectivity index (χ0v) is 19.5. The highest BCUT2D eigenvalue weighted by Gasteiger charge is 2.31. The standard InChI is InChI=1S/C24H31NO7/c1-12(2)9-16(22(27)28)25-19(26)10-15-13(3)20-18(30-6)11-17-14(21(20)31-23(15)29)7-8-24(4,5)32-17/h11-12,16H,7-10H2,1-6H3,(H,25,26)(H,27,28)/t16-/m1/s1. The van der Waals surface area contributed by atoms with Crippen LogP contribution in [0.2, 0.25) is 0 Å². The van der Waals surface area contributed by atoms with E-state index in [9.17, 15) is 19.5 Å². The van der Waals surface area contributed by atoms with Crippen molar-refractivity contribution in [2.45, 2.75) is 71.9 Å². The molecule has 0 radical (unpaired) electrons. The quantitative estimate of drug-likeness (QED) is 0.628. The molecular formula is C24H31NO7. The number of hydrogen-bond donors (Lipinski definition) is 2. The number of aliphatic carboxylic acids is 1. The van der Waals surface area contributed by atoms with Gasteiger partial charge < -0.3 is 24.3 Å². The van der Waals surface area contributed by atoms with Crippen LogP contribution in [0.15, 0.2) is 15.3 Å². The molecule has 174 valence electrons. The van der Waals surface area contributed by atoms with E-state index in [-0.39, 0.29) is 23.5 Å². The van der Waals surface area contributed by atoms with E-state index in [1.165, 1.54) is 7.11 Å². The van der Waals surface area contributed by atoms with Crippen molar-refractivity contribution < 1.29 is 28.6 Å². The number of carboxylic acids is 1. The van der Waals surface area contributed by atoms with E-state index >= 15 is 0 Å². The Morgan fingerprint density at radius 1 is 1.31 bits per heavy atom. The summed E-state index contributed by atoms with van der Waals surface area (Å²) in [7, 11) is 1.52. The van der Waals surface area contributed by atoms with Gasteiger partial charge in [0.15, 0.2) is 0 Å². The fourth-order valence-corrected chi connectivity index (χ4v) is 4.15. The summed E-state index contributed by atoms with van der Waals surface area (Å²) < 4.78 is 17.3. The van der Waals surface area contributed by atoms with Gasteiger partial charge in [-0.25, -0.2) is 9.59 Å². The van der Waals surface area contributed by atoms with Gasteiger partial charge >= 0.3 is 11.6 Å². The zero-order chi connectivity index (χ0) is 23.8. The Labute approximate surface area is 186 Å². The monoisotopic (exact) mass is 445 g/mol. The molecule has 0 spiro atoms. The van der Waals surface area contributed by atoms with Crippen molar-refractivity contribution in [2.75, 3.05) is 7.11 Å². The third-order valence-electron chi connectivity index (χ3n) is 5.84. The summed E-state index contributed by atoms with van der Waals surface area (Å²) in [5.41, 5.74) is 1.01. The molecule has 1 aliphatic rings. The zero-order valence-electron chi connectivity index (χ0n) is 19.5. The molecule has 1 aliphatic heterocycles. The van der Waals surface area contributed by atoms with Gasteiger partial charge in [0.25, 0.3) is 0 Å². The molecule has 1 aromatic heterocycles. The Bertz CT molecular complexity index is 1110. The number of aryl methyl sites for hydroxylation is 2. The Morgan fingerprint density at radius 3 is 2.59 bits per heavy atom. The number of rotatable bonds is 7. The molecule has 3 rings (SSSR count). The normalized spacial score (nSPS) is 15.7. The number of carboxylic acid groups (broad SMARTS) is 1. The van der Waals surface area contributed by atoms with Gasteiger partial charge in [-0.3, -0.25) is 4.79 Å². The van der Waals surface area contributed by atoms with Crippen LogP contribution in [-0.4, -0.2) is 35.7 Å². The van der Waals surface area contributed by atoms with Gasteiger partial charge in [-0.1, -0.05) is 13.8 Å². The van der Waals surface area contributed by atoms with E-state index in [0.717, 1.165) is 12.0 Å². The van der Waals surface area contributed by atoms with Crippen LogP contribution in [0, 0.1) is 12.8 Å². The van der Waals surface area contributed by atoms with Crippen LogP contribution in [-0.2, 0) is 22.4 Å². The predicted molar refractivity (Wildman–Crippen MR) is 120 cm³/mol. The maximum Gasteiger partial charge on any atom is 0.340 e. The minimum atomic E-state index is -1.11. The summed E-state index contributed by atoms with van der Waals surface area (Å²) in [6.07, 6.45) is 1.46. The lowest BCUT2D eigenvalue weighted by Gasteiger charge is -2.33. The van der Waals surface area contributed by atoms with Crippen molar-refractivity contribution >= 4 is 22.8 Å². The lowest BCUT2D eigenvalue weighted by atomic mass is 9.91.